The normalized spacial score (nSPS) is 11.4. The minimum atomic E-state index is -4.92. The molecule has 0 spiro atoms. The molecule has 0 radical (unpaired) electrons. The molecule has 11 heteroatoms. The minimum absolute atomic E-state index is 0.0304. The molecule has 0 atom stereocenters. The topological polar surface area (TPSA) is 97.1 Å². The second-order valence-electron chi connectivity index (χ2n) is 5.70. The lowest BCUT2D eigenvalue weighted by atomic mass is 10.2. The molecule has 0 saturated carbocycles. The number of aromatic carboxylic acids is 1. The van der Waals surface area contributed by atoms with Crippen LogP contribution in [-0.2, 0) is 17.4 Å². The van der Waals surface area contributed by atoms with Gasteiger partial charge in [-0.15, -0.1) is 11.3 Å². The predicted octanol–water partition coefficient (Wildman–Crippen LogP) is 3.62. The molecule has 146 valence electrons. The maximum absolute atomic E-state index is 13.3. The molecule has 0 aliphatic rings. The van der Waals surface area contributed by atoms with Gasteiger partial charge in [0.2, 0.25) is 5.91 Å². The second-order valence-corrected chi connectivity index (χ2v) is 6.42. The van der Waals surface area contributed by atoms with Crippen LogP contribution in [0.1, 0.15) is 28.2 Å². The van der Waals surface area contributed by atoms with Gasteiger partial charge in [0, 0.05) is 17.5 Å². The lowest BCUT2D eigenvalue weighted by Gasteiger charge is -2.13. The lowest BCUT2D eigenvalue weighted by molar-refractivity contribution is -0.143. The van der Waals surface area contributed by atoms with Gasteiger partial charge < -0.3 is 10.4 Å². The molecule has 0 bridgehead atoms. The van der Waals surface area contributed by atoms with Crippen LogP contribution in [0.2, 0.25) is 0 Å². The maximum Gasteiger partial charge on any atom is 0.434 e. The number of carboxylic acids is 1. The lowest BCUT2D eigenvalue weighted by Crippen LogP contribution is -2.17. The number of thiazole rings is 1. The summed E-state index contributed by atoms with van der Waals surface area (Å²) in [4.78, 5) is 27.2. The van der Waals surface area contributed by atoms with E-state index in [4.69, 9.17) is 5.11 Å². The molecule has 0 aliphatic carbocycles. The van der Waals surface area contributed by atoms with Gasteiger partial charge in [0.1, 0.15) is 5.56 Å². The number of alkyl halides is 3. The van der Waals surface area contributed by atoms with E-state index in [9.17, 15) is 22.8 Å². The third-order valence-corrected chi connectivity index (χ3v) is 4.37. The highest BCUT2D eigenvalue weighted by atomic mass is 32.1. The van der Waals surface area contributed by atoms with Crippen LogP contribution in [0.25, 0.3) is 5.69 Å². The molecule has 2 heterocycles. The van der Waals surface area contributed by atoms with Crippen LogP contribution in [0.15, 0.2) is 41.4 Å². The van der Waals surface area contributed by atoms with E-state index in [1.165, 1.54) is 35.6 Å². The fourth-order valence-electron chi connectivity index (χ4n) is 2.51. The number of hydrogen-bond acceptors (Lipinski definition) is 5. The number of hydrogen-bond donors (Lipinski definition) is 2. The fraction of sp³-hybridized carbons (Fsp3) is 0.176. The molecule has 7 nitrogen and oxygen atoms in total. The Hall–Kier alpha value is -3.21. The zero-order chi connectivity index (χ0) is 20.3. The van der Waals surface area contributed by atoms with Crippen molar-refractivity contribution in [3.8, 4) is 5.69 Å². The zero-order valence-electron chi connectivity index (χ0n) is 14.1. The number of aromatic nitrogens is 3. The smallest absolute Gasteiger partial charge is 0.434 e. The highest BCUT2D eigenvalue weighted by molar-refractivity contribution is 7.07. The van der Waals surface area contributed by atoms with E-state index in [0.29, 0.717) is 17.3 Å². The number of amides is 1. The Bertz CT molecular complexity index is 999. The Balaban J connectivity index is 1.82. The van der Waals surface area contributed by atoms with E-state index < -0.39 is 23.4 Å². The summed E-state index contributed by atoms with van der Waals surface area (Å²) in [7, 11) is 0. The molecule has 2 aromatic heterocycles. The maximum atomic E-state index is 13.3. The van der Waals surface area contributed by atoms with Crippen molar-refractivity contribution in [2.45, 2.75) is 19.0 Å². The molecule has 0 saturated heterocycles. The van der Waals surface area contributed by atoms with Crippen molar-refractivity contribution in [2.75, 3.05) is 5.32 Å². The largest absolute Gasteiger partial charge is 0.478 e. The fourth-order valence-corrected chi connectivity index (χ4v) is 3.11. The average molecular weight is 410 g/mol. The summed E-state index contributed by atoms with van der Waals surface area (Å²) in [6.07, 6.45) is -3.68. The first-order chi connectivity index (χ1) is 13.3. The number of aryl methyl sites for hydroxylation is 1. The van der Waals surface area contributed by atoms with Crippen molar-refractivity contribution in [1.82, 2.24) is 14.8 Å². The van der Waals surface area contributed by atoms with E-state index in [1.54, 1.807) is 5.51 Å². The van der Waals surface area contributed by atoms with Gasteiger partial charge in [0.25, 0.3) is 0 Å². The number of benzene rings is 1. The second kappa shape index (κ2) is 7.80. The monoisotopic (exact) mass is 410 g/mol. The van der Waals surface area contributed by atoms with Crippen LogP contribution in [0.3, 0.4) is 0 Å². The van der Waals surface area contributed by atoms with E-state index in [0.717, 1.165) is 5.69 Å². The summed E-state index contributed by atoms with van der Waals surface area (Å²) in [6, 6.07) is 5.57. The van der Waals surface area contributed by atoms with Crippen molar-refractivity contribution in [2.24, 2.45) is 0 Å². The minimum Gasteiger partial charge on any atom is -0.478 e. The summed E-state index contributed by atoms with van der Waals surface area (Å²) in [5.74, 6) is -2.06. The Labute approximate surface area is 160 Å². The highest BCUT2D eigenvalue weighted by Crippen LogP contribution is 2.34. The van der Waals surface area contributed by atoms with Crippen LogP contribution in [-0.4, -0.2) is 31.7 Å². The van der Waals surface area contributed by atoms with Crippen LogP contribution in [0.5, 0.6) is 0 Å². The summed E-state index contributed by atoms with van der Waals surface area (Å²) in [6.45, 7) is 0. The van der Waals surface area contributed by atoms with Gasteiger partial charge in [-0.2, -0.15) is 18.3 Å². The van der Waals surface area contributed by atoms with Gasteiger partial charge in [-0.3, -0.25) is 4.79 Å². The molecule has 3 rings (SSSR count). The van der Waals surface area contributed by atoms with Crippen LogP contribution < -0.4 is 5.32 Å². The number of carbonyl (C=O) groups excluding carboxylic acids is 1. The molecule has 0 fully saturated rings. The van der Waals surface area contributed by atoms with E-state index in [1.807, 2.05) is 5.38 Å². The molecule has 0 unspecified atom stereocenters. The Morgan fingerprint density at radius 1 is 1.29 bits per heavy atom. The Morgan fingerprint density at radius 2 is 2.07 bits per heavy atom. The van der Waals surface area contributed by atoms with E-state index in [-0.39, 0.29) is 23.7 Å². The summed E-state index contributed by atoms with van der Waals surface area (Å²) in [5, 5.41) is 17.0. The van der Waals surface area contributed by atoms with Gasteiger partial charge in [-0.05, 0) is 24.6 Å². The number of halogens is 3. The Kier molecular flexibility index (Phi) is 5.45. The van der Waals surface area contributed by atoms with Crippen LogP contribution in [0, 0.1) is 0 Å². The van der Waals surface area contributed by atoms with Crippen molar-refractivity contribution in [3.63, 3.8) is 0 Å². The quantitative estimate of drug-likeness (QED) is 0.647. The zero-order valence-corrected chi connectivity index (χ0v) is 14.9. The third-order valence-electron chi connectivity index (χ3n) is 3.73. The predicted molar refractivity (Wildman–Crippen MR) is 94.6 cm³/mol. The Morgan fingerprint density at radius 3 is 2.71 bits per heavy atom. The summed E-state index contributed by atoms with van der Waals surface area (Å²) >= 11 is 1.42. The van der Waals surface area contributed by atoms with Gasteiger partial charge >= 0.3 is 12.1 Å². The number of anilines is 1. The van der Waals surface area contributed by atoms with Crippen LogP contribution >= 0.6 is 11.3 Å². The molecule has 2 N–H and O–H groups in total. The highest BCUT2D eigenvalue weighted by Gasteiger charge is 2.40. The van der Waals surface area contributed by atoms with Gasteiger partial charge in [0.05, 0.1) is 23.1 Å². The summed E-state index contributed by atoms with van der Waals surface area (Å²) in [5.41, 5.74) is 0.321. The van der Waals surface area contributed by atoms with Gasteiger partial charge in [0.15, 0.2) is 5.69 Å². The van der Waals surface area contributed by atoms with Gasteiger partial charge in [-0.25, -0.2) is 14.5 Å². The molecule has 1 aromatic carbocycles. The summed E-state index contributed by atoms with van der Waals surface area (Å²) < 4.78 is 40.5. The van der Waals surface area contributed by atoms with E-state index in [2.05, 4.69) is 15.4 Å². The average Bonchev–Trinajstić information content (AvgIpc) is 3.29. The van der Waals surface area contributed by atoms with Crippen molar-refractivity contribution >= 4 is 28.9 Å². The van der Waals surface area contributed by atoms with Crippen molar-refractivity contribution in [3.05, 3.63) is 58.3 Å². The molecule has 28 heavy (non-hydrogen) atoms. The SMILES string of the molecule is O=C(CCc1cscn1)Nc1cccc(-n2ncc(C(=O)O)c2C(F)(F)F)c1. The first kappa shape index (κ1) is 19.5. The number of carboxylic acid groups (broad SMARTS) is 1. The number of nitrogens with zero attached hydrogens (tertiary/aromatic N) is 3. The van der Waals surface area contributed by atoms with Crippen LogP contribution in [0.4, 0.5) is 18.9 Å². The number of carbonyl (C=O) groups is 2. The van der Waals surface area contributed by atoms with Crippen molar-refractivity contribution in [1.29, 1.82) is 0 Å². The molecule has 1 amide bonds. The first-order valence-electron chi connectivity index (χ1n) is 7.91. The molecule has 3 aromatic rings. The van der Waals surface area contributed by atoms with E-state index >= 15 is 0 Å². The standard InChI is InChI=1S/C17H13F3N4O3S/c18-17(19,20)15-13(16(26)27)7-22-24(15)12-3-1-2-10(6-12)23-14(25)5-4-11-8-28-9-21-11/h1-3,6-9H,4-5H2,(H,23,25)(H,26,27). The third kappa shape index (κ3) is 4.36. The molecule has 0 aliphatic heterocycles. The van der Waals surface area contributed by atoms with Crippen molar-refractivity contribution < 1.29 is 27.9 Å². The first-order valence-corrected chi connectivity index (χ1v) is 8.86. The van der Waals surface area contributed by atoms with Gasteiger partial charge in [-0.1, -0.05) is 6.07 Å². The molecular weight excluding hydrogens is 397 g/mol. The number of nitrogens with one attached hydrogen (secondary N) is 1. The number of rotatable bonds is 6. The molecular formula is C17H13F3N4O3S.